The van der Waals surface area contributed by atoms with Gasteiger partial charge in [-0.25, -0.2) is 13.1 Å². The molecule has 1 aliphatic carbocycles. The first kappa shape index (κ1) is 18.9. The number of nitrogens with one attached hydrogen (secondary N) is 1. The summed E-state index contributed by atoms with van der Waals surface area (Å²) in [5.74, 6) is 0.213. The van der Waals surface area contributed by atoms with Crippen molar-refractivity contribution in [2.24, 2.45) is 0 Å². The van der Waals surface area contributed by atoms with Crippen molar-refractivity contribution in [3.05, 3.63) is 60.7 Å². The molecule has 1 amide bonds. The second-order valence-electron chi connectivity index (χ2n) is 7.95. The van der Waals surface area contributed by atoms with Gasteiger partial charge >= 0.3 is 0 Å². The molecule has 6 rings (SSSR count). The van der Waals surface area contributed by atoms with Gasteiger partial charge in [0.1, 0.15) is 6.54 Å². The fraction of sp³-hybridized carbons (Fsp3) is 0.182. The van der Waals surface area contributed by atoms with Crippen molar-refractivity contribution in [3.8, 4) is 11.4 Å². The number of nitrogens with zero attached hydrogens (tertiary/aromatic N) is 5. The number of amides is 1. The average Bonchev–Trinajstić information content (AvgIpc) is 3.47. The molecule has 10 heteroatoms. The fourth-order valence-electron chi connectivity index (χ4n) is 4.14. The van der Waals surface area contributed by atoms with Gasteiger partial charge in [-0.15, -0.1) is 5.10 Å². The molecule has 32 heavy (non-hydrogen) atoms. The lowest BCUT2D eigenvalue weighted by Gasteiger charge is -2.18. The predicted molar refractivity (Wildman–Crippen MR) is 119 cm³/mol. The molecular formula is C22H18N6O3S. The molecule has 1 fully saturated rings. The number of aromatic nitrogens is 4. The third kappa shape index (κ3) is 2.94. The quantitative estimate of drug-likeness (QED) is 0.505. The lowest BCUT2D eigenvalue weighted by Crippen LogP contribution is -2.35. The molecule has 1 N–H and O–H groups in total. The molecule has 1 aliphatic heterocycles. The van der Waals surface area contributed by atoms with Crippen LogP contribution in [0.15, 0.2) is 65.6 Å². The van der Waals surface area contributed by atoms with Gasteiger partial charge in [0.25, 0.3) is 10.0 Å². The molecule has 0 radical (unpaired) electrons. The molecule has 0 bridgehead atoms. The number of sulfonamides is 1. The van der Waals surface area contributed by atoms with E-state index in [1.54, 1.807) is 47.1 Å². The molecule has 1 aromatic heterocycles. The fourth-order valence-corrected chi connectivity index (χ4v) is 5.81. The summed E-state index contributed by atoms with van der Waals surface area (Å²) < 4.78 is 29.1. The van der Waals surface area contributed by atoms with Crippen molar-refractivity contribution in [1.82, 2.24) is 20.2 Å². The zero-order valence-electron chi connectivity index (χ0n) is 16.8. The third-order valence-electron chi connectivity index (χ3n) is 5.76. The van der Waals surface area contributed by atoms with Gasteiger partial charge in [0, 0.05) is 16.6 Å². The van der Waals surface area contributed by atoms with Crippen molar-refractivity contribution >= 4 is 38.1 Å². The number of carbonyl (C=O) groups excluding carboxylic acids is 1. The minimum atomic E-state index is -3.79. The Balaban J connectivity index is 1.26. The maximum Gasteiger partial charge on any atom is 0.265 e. The lowest BCUT2D eigenvalue weighted by atomic mass is 10.1. The van der Waals surface area contributed by atoms with E-state index in [1.807, 2.05) is 18.2 Å². The molecular weight excluding hydrogens is 428 g/mol. The van der Waals surface area contributed by atoms with Crippen molar-refractivity contribution in [2.75, 3.05) is 16.2 Å². The van der Waals surface area contributed by atoms with Crippen LogP contribution in [0, 0.1) is 0 Å². The number of rotatable bonds is 5. The molecule has 0 unspecified atom stereocenters. The number of tetrazole rings is 1. The van der Waals surface area contributed by atoms with Crippen LogP contribution in [-0.4, -0.2) is 41.1 Å². The van der Waals surface area contributed by atoms with Crippen LogP contribution in [0.1, 0.15) is 18.9 Å². The van der Waals surface area contributed by atoms with Crippen LogP contribution >= 0.6 is 0 Å². The first-order valence-electron chi connectivity index (χ1n) is 10.2. The van der Waals surface area contributed by atoms with Crippen LogP contribution in [0.25, 0.3) is 22.2 Å². The number of anilines is 2. The summed E-state index contributed by atoms with van der Waals surface area (Å²) >= 11 is 0. The Morgan fingerprint density at radius 2 is 1.84 bits per heavy atom. The van der Waals surface area contributed by atoms with Gasteiger partial charge in [-0.2, -0.15) is 0 Å². The van der Waals surface area contributed by atoms with Crippen LogP contribution in [0.2, 0.25) is 0 Å². The standard InChI is InChI=1S/C22H18N6O3S/c29-20(13-27-18-8-2-4-14-5-3-9-19(21(14)18)32(27,30)31)23-16-7-1-6-15(12-16)22-24-25-26-28(22)17-10-11-17/h1-9,12,17H,10-11,13H2,(H,23,29). The molecule has 160 valence electrons. The topological polar surface area (TPSA) is 110 Å². The molecule has 0 saturated heterocycles. The van der Waals surface area contributed by atoms with Crippen molar-refractivity contribution in [1.29, 1.82) is 0 Å². The van der Waals surface area contributed by atoms with Gasteiger partial charge < -0.3 is 5.32 Å². The second-order valence-corrected chi connectivity index (χ2v) is 9.78. The smallest absolute Gasteiger partial charge is 0.265 e. The molecule has 2 aliphatic rings. The molecule has 4 aromatic rings. The zero-order valence-corrected chi connectivity index (χ0v) is 17.7. The second kappa shape index (κ2) is 6.86. The van der Waals surface area contributed by atoms with E-state index in [1.165, 1.54) is 0 Å². The summed E-state index contributed by atoms with van der Waals surface area (Å²) in [7, 11) is -3.79. The third-order valence-corrected chi connectivity index (χ3v) is 7.56. The van der Waals surface area contributed by atoms with E-state index in [0.29, 0.717) is 28.6 Å². The average molecular weight is 446 g/mol. The van der Waals surface area contributed by atoms with Crippen LogP contribution in [0.4, 0.5) is 11.4 Å². The predicted octanol–water partition coefficient (Wildman–Crippen LogP) is 2.98. The van der Waals surface area contributed by atoms with Crippen LogP contribution in [-0.2, 0) is 14.8 Å². The number of carbonyl (C=O) groups is 1. The summed E-state index contributed by atoms with van der Waals surface area (Å²) in [4.78, 5) is 13.1. The highest BCUT2D eigenvalue weighted by molar-refractivity contribution is 7.93. The van der Waals surface area contributed by atoms with E-state index in [-0.39, 0.29) is 11.4 Å². The van der Waals surface area contributed by atoms with Crippen molar-refractivity contribution in [2.45, 2.75) is 23.8 Å². The minimum Gasteiger partial charge on any atom is -0.324 e. The van der Waals surface area contributed by atoms with Crippen molar-refractivity contribution < 1.29 is 13.2 Å². The summed E-state index contributed by atoms with van der Waals surface area (Å²) in [6, 6.07) is 18.1. The zero-order chi connectivity index (χ0) is 21.9. The Labute approximate surface area is 183 Å². The maximum atomic E-state index is 13.1. The highest BCUT2D eigenvalue weighted by Gasteiger charge is 2.36. The van der Waals surface area contributed by atoms with E-state index in [2.05, 4.69) is 20.8 Å². The number of hydrogen-bond donors (Lipinski definition) is 1. The summed E-state index contributed by atoms with van der Waals surface area (Å²) in [5.41, 5.74) is 1.85. The number of benzene rings is 3. The minimum absolute atomic E-state index is 0.229. The monoisotopic (exact) mass is 446 g/mol. The van der Waals surface area contributed by atoms with Gasteiger partial charge in [0.15, 0.2) is 5.82 Å². The van der Waals surface area contributed by atoms with E-state index in [9.17, 15) is 13.2 Å². The first-order chi connectivity index (χ1) is 15.5. The maximum absolute atomic E-state index is 13.1. The largest absolute Gasteiger partial charge is 0.324 e. The Morgan fingerprint density at radius 1 is 1.06 bits per heavy atom. The SMILES string of the molecule is O=C(CN1c2cccc3cccc(c23)S1(=O)=O)Nc1cccc(-c2nnnn2C2CC2)c1. The lowest BCUT2D eigenvalue weighted by molar-refractivity contribution is -0.114. The van der Waals surface area contributed by atoms with Crippen LogP contribution < -0.4 is 9.62 Å². The van der Waals surface area contributed by atoms with E-state index in [4.69, 9.17) is 0 Å². The normalized spacial score (nSPS) is 16.4. The highest BCUT2D eigenvalue weighted by Crippen LogP contribution is 2.42. The Kier molecular flexibility index (Phi) is 4.06. The Hall–Kier alpha value is -3.79. The van der Waals surface area contributed by atoms with Crippen LogP contribution in [0.3, 0.4) is 0 Å². The summed E-state index contributed by atoms with van der Waals surface area (Å²) in [6.45, 7) is -0.319. The van der Waals surface area contributed by atoms with Gasteiger partial charge in [0.05, 0.1) is 16.6 Å². The van der Waals surface area contributed by atoms with Gasteiger partial charge in [0.2, 0.25) is 5.91 Å². The molecule has 1 saturated carbocycles. The molecule has 0 atom stereocenters. The molecule has 3 aromatic carbocycles. The van der Waals surface area contributed by atoms with E-state index >= 15 is 0 Å². The highest BCUT2D eigenvalue weighted by atomic mass is 32.2. The Morgan fingerprint density at radius 3 is 2.66 bits per heavy atom. The first-order valence-corrected chi connectivity index (χ1v) is 11.7. The van der Waals surface area contributed by atoms with E-state index in [0.717, 1.165) is 28.1 Å². The summed E-state index contributed by atoms with van der Waals surface area (Å²) in [5, 5.41) is 16.2. The van der Waals surface area contributed by atoms with E-state index < -0.39 is 15.9 Å². The van der Waals surface area contributed by atoms with Gasteiger partial charge in [-0.1, -0.05) is 36.4 Å². The summed E-state index contributed by atoms with van der Waals surface area (Å²) in [6.07, 6.45) is 2.10. The van der Waals surface area contributed by atoms with Gasteiger partial charge in [-0.3, -0.25) is 9.10 Å². The molecule has 2 heterocycles. The molecule has 0 spiro atoms. The number of hydrogen-bond acceptors (Lipinski definition) is 6. The van der Waals surface area contributed by atoms with Gasteiger partial charge in [-0.05, 0) is 52.9 Å². The van der Waals surface area contributed by atoms with Crippen LogP contribution in [0.5, 0.6) is 0 Å². The van der Waals surface area contributed by atoms with Crippen molar-refractivity contribution in [3.63, 3.8) is 0 Å². The Bertz CT molecular complexity index is 1490. The molecule has 9 nitrogen and oxygen atoms in total.